The van der Waals surface area contributed by atoms with E-state index in [0.29, 0.717) is 40.1 Å². The third-order valence-corrected chi connectivity index (χ3v) is 10.6. The summed E-state index contributed by atoms with van der Waals surface area (Å²) in [6, 6.07) is 40.1. The summed E-state index contributed by atoms with van der Waals surface area (Å²) in [6.45, 7) is 4.96. The van der Waals surface area contributed by atoms with Crippen LogP contribution in [0.5, 0.6) is 0 Å². The fourth-order valence-corrected chi connectivity index (χ4v) is 7.34. The predicted molar refractivity (Wildman–Crippen MR) is 254 cm³/mol. The normalized spacial score (nSPS) is 13.9. The minimum atomic E-state index is -0.893. The number of nitrogens with zero attached hydrogens (tertiary/aromatic N) is 6. The fraction of sp³-hybridized carbons (Fsp3) is 0.224. The van der Waals surface area contributed by atoms with E-state index in [-0.39, 0.29) is 62.3 Å². The van der Waals surface area contributed by atoms with Crippen LogP contribution in [0.1, 0.15) is 68.8 Å². The highest BCUT2D eigenvalue weighted by Gasteiger charge is 2.33. The van der Waals surface area contributed by atoms with E-state index in [2.05, 4.69) is 31.0 Å². The Morgan fingerprint density at radius 2 is 0.815 bits per heavy atom. The number of nitrogens with one attached hydrogen (secondary N) is 2. The van der Waals surface area contributed by atoms with Crippen LogP contribution in [-0.4, -0.2) is 95.0 Å². The maximum absolute atomic E-state index is 14.2. The van der Waals surface area contributed by atoms with Gasteiger partial charge in [-0.25, -0.2) is 0 Å². The van der Waals surface area contributed by atoms with Crippen LogP contribution in [-0.2, 0) is 16.0 Å². The summed E-state index contributed by atoms with van der Waals surface area (Å²) in [4.78, 5) is 59.1. The molecular weight excluding hydrogens is 821 g/mol. The summed E-state index contributed by atoms with van der Waals surface area (Å²) in [5, 5.41) is 22.1. The Labute approximate surface area is 378 Å². The molecule has 5 aromatic rings. The van der Waals surface area contributed by atoms with E-state index in [1.807, 2.05) is 105 Å². The predicted octanol–water partition coefficient (Wildman–Crippen LogP) is 3.59. The molecule has 1 saturated heterocycles. The lowest BCUT2D eigenvalue weighted by atomic mass is 9.99. The molecule has 0 aliphatic carbocycles. The number of guanidine groups is 2. The molecule has 16 heteroatoms. The molecule has 5 aromatic carbocycles. The summed E-state index contributed by atoms with van der Waals surface area (Å²) in [5.74, 6) is -1.62. The number of carbonyl (C=O) groups excluding carboxylic acids is 4. The van der Waals surface area contributed by atoms with E-state index in [1.54, 1.807) is 58.3 Å². The van der Waals surface area contributed by atoms with Crippen molar-refractivity contribution in [3.63, 3.8) is 0 Å². The van der Waals surface area contributed by atoms with Crippen LogP contribution in [0, 0.1) is 5.92 Å². The highest BCUT2D eigenvalue weighted by molar-refractivity contribution is 6.14. The molecule has 0 radical (unpaired) electrons. The topological polar surface area (TPSA) is 252 Å². The summed E-state index contributed by atoms with van der Waals surface area (Å²) in [6.07, 6.45) is 0.667. The van der Waals surface area contributed by atoms with Crippen molar-refractivity contribution in [1.82, 2.24) is 20.4 Å². The Morgan fingerprint density at radius 1 is 0.477 bits per heavy atom. The molecule has 334 valence electrons. The van der Waals surface area contributed by atoms with Crippen molar-refractivity contribution in [2.45, 2.75) is 38.8 Å². The smallest absolute Gasteiger partial charge is 0.251 e. The zero-order chi connectivity index (χ0) is 46.3. The van der Waals surface area contributed by atoms with Crippen molar-refractivity contribution in [2.75, 3.05) is 26.2 Å². The average Bonchev–Trinajstić information content (AvgIpc) is 3.32. The van der Waals surface area contributed by atoms with Crippen LogP contribution in [0.4, 0.5) is 0 Å². The Kier molecular flexibility index (Phi) is 15.9. The van der Waals surface area contributed by atoms with Gasteiger partial charge in [0.25, 0.3) is 11.8 Å². The summed E-state index contributed by atoms with van der Waals surface area (Å²) in [5.41, 5.74) is 27.7. The number of piperazine rings is 1. The van der Waals surface area contributed by atoms with Gasteiger partial charge in [0.15, 0.2) is 0 Å². The molecule has 1 aliphatic heterocycles. The minimum absolute atomic E-state index is 0.0944. The van der Waals surface area contributed by atoms with Crippen molar-refractivity contribution in [2.24, 2.45) is 49.3 Å². The highest BCUT2D eigenvalue weighted by Crippen LogP contribution is 2.18. The van der Waals surface area contributed by atoms with Crippen molar-refractivity contribution in [1.29, 1.82) is 0 Å². The number of benzene rings is 5. The zero-order valence-electron chi connectivity index (χ0n) is 36.4. The second-order valence-electron chi connectivity index (χ2n) is 15.9. The lowest BCUT2D eigenvalue weighted by Crippen LogP contribution is -2.59. The largest absolute Gasteiger partial charge is 0.369 e. The van der Waals surface area contributed by atoms with Gasteiger partial charge in [-0.1, -0.05) is 129 Å². The second kappa shape index (κ2) is 22.3. The van der Waals surface area contributed by atoms with E-state index in [4.69, 9.17) is 22.9 Å². The summed E-state index contributed by atoms with van der Waals surface area (Å²) >= 11 is 0. The van der Waals surface area contributed by atoms with Crippen molar-refractivity contribution in [3.8, 4) is 0 Å². The van der Waals surface area contributed by atoms with Gasteiger partial charge in [-0.2, -0.15) is 0 Å². The van der Waals surface area contributed by atoms with Gasteiger partial charge in [-0.3, -0.25) is 19.2 Å². The monoisotopic (exact) mass is 874 g/mol. The van der Waals surface area contributed by atoms with Crippen LogP contribution in [0.3, 0.4) is 0 Å². The van der Waals surface area contributed by atoms with E-state index in [9.17, 15) is 19.2 Å². The Hall–Kier alpha value is -8.14. The molecule has 1 aliphatic rings. The lowest BCUT2D eigenvalue weighted by Gasteiger charge is -2.38. The molecule has 2 atom stereocenters. The van der Waals surface area contributed by atoms with Crippen LogP contribution < -0.4 is 33.6 Å². The molecule has 1 fully saturated rings. The molecule has 10 N–H and O–H groups in total. The first-order valence-electron chi connectivity index (χ1n) is 21.2. The van der Waals surface area contributed by atoms with E-state index >= 15 is 0 Å². The van der Waals surface area contributed by atoms with Crippen molar-refractivity contribution < 1.29 is 19.2 Å². The van der Waals surface area contributed by atoms with Gasteiger partial charge in [0.1, 0.15) is 23.5 Å². The first-order valence-corrected chi connectivity index (χ1v) is 21.2. The third-order valence-electron chi connectivity index (χ3n) is 10.6. The number of carbonyl (C=O) groups is 4. The summed E-state index contributed by atoms with van der Waals surface area (Å²) < 4.78 is 0. The first-order chi connectivity index (χ1) is 31.4. The number of hydrogen-bond acceptors (Lipinski definition) is 8. The van der Waals surface area contributed by atoms with Gasteiger partial charge < -0.3 is 43.4 Å². The van der Waals surface area contributed by atoms with Crippen LogP contribution >= 0.6 is 0 Å². The van der Waals surface area contributed by atoms with Gasteiger partial charge in [-0.05, 0) is 42.2 Å². The van der Waals surface area contributed by atoms with E-state index in [0.717, 1.165) is 16.7 Å². The molecule has 16 nitrogen and oxygen atoms in total. The molecule has 0 spiro atoms. The number of hydrogen-bond donors (Lipinski definition) is 6. The third kappa shape index (κ3) is 13.0. The first kappa shape index (κ1) is 46.4. The molecule has 0 bridgehead atoms. The van der Waals surface area contributed by atoms with Crippen LogP contribution in [0.15, 0.2) is 160 Å². The van der Waals surface area contributed by atoms with Gasteiger partial charge in [0.2, 0.25) is 23.7 Å². The van der Waals surface area contributed by atoms with Gasteiger partial charge in [0, 0.05) is 66.0 Å². The van der Waals surface area contributed by atoms with Crippen LogP contribution in [0.2, 0.25) is 0 Å². The molecular formula is C49H54N12O4. The standard InChI is InChI=1S/C49H54N12O4/c1-32(2)30-40(54-44(62)38-22-18-36(19-23-38)42(56-58-48(50)51)34-14-8-4-9-15-34)46(64)60-26-28-61(29-27-60)47(65)41(31-33-12-6-3-7-13-33)55-45(63)39-24-20-37(21-25-39)43(57-59-49(52)53)35-16-10-5-11-17-35/h3-25,32,40-41H,26-31H2,1-2H3,(H,54,62)(H,55,63)(H4,50,51,58)(H4,52,53,59)/b56-42+,57-43+/t40-,41-/m0/s1. The Balaban J connectivity index is 1.11. The lowest BCUT2D eigenvalue weighted by molar-refractivity contribution is -0.141. The van der Waals surface area contributed by atoms with E-state index in [1.165, 1.54) is 0 Å². The molecule has 0 unspecified atom stereocenters. The van der Waals surface area contributed by atoms with Gasteiger partial charge in [-0.15, -0.1) is 20.4 Å². The van der Waals surface area contributed by atoms with Gasteiger partial charge >= 0.3 is 0 Å². The molecule has 6 rings (SSSR count). The highest BCUT2D eigenvalue weighted by atomic mass is 16.2. The zero-order valence-corrected chi connectivity index (χ0v) is 36.4. The molecule has 65 heavy (non-hydrogen) atoms. The van der Waals surface area contributed by atoms with Crippen LogP contribution in [0.25, 0.3) is 0 Å². The number of rotatable bonds is 16. The molecule has 0 saturated carbocycles. The van der Waals surface area contributed by atoms with Gasteiger partial charge in [0.05, 0.1) is 0 Å². The maximum atomic E-state index is 14.2. The molecule has 0 aromatic heterocycles. The summed E-state index contributed by atoms with van der Waals surface area (Å²) in [7, 11) is 0. The van der Waals surface area contributed by atoms with E-state index < -0.39 is 23.9 Å². The SMILES string of the molecule is CC(C)C[C@H](NC(=O)c1ccc(/C(=N/N=C(N)N)c2ccccc2)cc1)C(=O)N1CCN(C(=O)[C@H](Cc2ccccc2)NC(=O)c2ccc(/C(=N/N=C(N)N)c3ccccc3)cc2)CC1. The minimum Gasteiger partial charge on any atom is -0.369 e. The Bertz CT molecular complexity index is 2530. The number of nitrogens with two attached hydrogens (primary N) is 4. The average molecular weight is 875 g/mol. The second-order valence-corrected chi connectivity index (χ2v) is 15.9. The Morgan fingerprint density at radius 3 is 1.20 bits per heavy atom. The molecule has 4 amide bonds. The fourth-order valence-electron chi connectivity index (χ4n) is 7.34. The molecule has 1 heterocycles. The van der Waals surface area contributed by atoms with Crippen molar-refractivity contribution in [3.05, 3.63) is 178 Å². The van der Waals surface area contributed by atoms with Crippen molar-refractivity contribution >= 4 is 47.0 Å². The number of amides is 4. The quantitative estimate of drug-likeness (QED) is 0.0484. The maximum Gasteiger partial charge on any atom is 0.251 e.